The van der Waals surface area contributed by atoms with E-state index in [9.17, 15) is 0 Å². The average Bonchev–Trinajstić information content (AvgIpc) is 2.49. The van der Waals surface area contributed by atoms with E-state index in [-0.39, 0.29) is 6.04 Å². The molecular formula is C18H31N3. The molecule has 0 saturated carbocycles. The highest BCUT2D eigenvalue weighted by Crippen LogP contribution is 2.18. The lowest BCUT2D eigenvalue weighted by molar-refractivity contribution is 0.139. The van der Waals surface area contributed by atoms with Gasteiger partial charge in [-0.2, -0.15) is 0 Å². The molecule has 1 aliphatic heterocycles. The Morgan fingerprint density at radius 2 is 1.81 bits per heavy atom. The second kappa shape index (κ2) is 7.92. The van der Waals surface area contributed by atoms with Gasteiger partial charge < -0.3 is 15.5 Å². The Balaban J connectivity index is 1.83. The quantitative estimate of drug-likeness (QED) is 0.874. The molecule has 1 saturated heterocycles. The van der Waals surface area contributed by atoms with Crippen molar-refractivity contribution in [3.63, 3.8) is 0 Å². The van der Waals surface area contributed by atoms with Crippen LogP contribution in [0.5, 0.6) is 0 Å². The fourth-order valence-corrected chi connectivity index (χ4v) is 3.22. The van der Waals surface area contributed by atoms with Crippen LogP contribution in [0.25, 0.3) is 0 Å². The fraction of sp³-hybridized carbons (Fsp3) is 0.667. The molecule has 0 aromatic heterocycles. The van der Waals surface area contributed by atoms with Gasteiger partial charge in [0.15, 0.2) is 0 Å². The number of rotatable bonds is 6. The standard InChI is InChI=1S/C18H31N3/c1-4-5-15-6-8-16(9-7-15)18(19)14-21-12-10-17(11-13-21)20(2)3/h6-9,17-18H,4-5,10-14,19H2,1-3H3. The van der Waals surface area contributed by atoms with Gasteiger partial charge in [0.2, 0.25) is 0 Å². The number of aryl methyl sites for hydroxylation is 1. The van der Waals surface area contributed by atoms with Crippen molar-refractivity contribution in [2.75, 3.05) is 33.7 Å². The van der Waals surface area contributed by atoms with E-state index in [2.05, 4.69) is 55.1 Å². The van der Waals surface area contributed by atoms with E-state index in [4.69, 9.17) is 5.73 Å². The molecule has 3 nitrogen and oxygen atoms in total. The first-order chi connectivity index (χ1) is 10.1. The molecule has 1 fully saturated rings. The summed E-state index contributed by atoms with van der Waals surface area (Å²) in [5.41, 5.74) is 9.08. The molecule has 0 bridgehead atoms. The zero-order valence-corrected chi connectivity index (χ0v) is 13.9. The van der Waals surface area contributed by atoms with E-state index < -0.39 is 0 Å². The van der Waals surface area contributed by atoms with E-state index >= 15 is 0 Å². The molecule has 0 aliphatic carbocycles. The number of nitrogens with zero attached hydrogens (tertiary/aromatic N) is 2. The van der Waals surface area contributed by atoms with Crippen molar-refractivity contribution < 1.29 is 0 Å². The predicted octanol–water partition coefficient (Wildman–Crippen LogP) is 2.66. The highest BCUT2D eigenvalue weighted by Gasteiger charge is 2.22. The maximum atomic E-state index is 6.39. The molecule has 1 unspecified atom stereocenters. The molecular weight excluding hydrogens is 258 g/mol. The van der Waals surface area contributed by atoms with Crippen molar-refractivity contribution in [2.24, 2.45) is 5.73 Å². The minimum atomic E-state index is 0.136. The summed E-state index contributed by atoms with van der Waals surface area (Å²) < 4.78 is 0. The van der Waals surface area contributed by atoms with Gasteiger partial charge in [0.25, 0.3) is 0 Å². The normalized spacial score (nSPS) is 19.1. The number of likely N-dealkylation sites (tertiary alicyclic amines) is 1. The summed E-state index contributed by atoms with van der Waals surface area (Å²) in [6.45, 7) is 5.54. The lowest BCUT2D eigenvalue weighted by Crippen LogP contribution is -2.44. The monoisotopic (exact) mass is 289 g/mol. The van der Waals surface area contributed by atoms with E-state index in [1.807, 2.05) is 0 Å². The van der Waals surface area contributed by atoms with Gasteiger partial charge in [-0.1, -0.05) is 37.6 Å². The molecule has 0 spiro atoms. The second-order valence-corrected chi connectivity index (χ2v) is 6.59. The van der Waals surface area contributed by atoms with Gasteiger partial charge in [0.05, 0.1) is 0 Å². The third kappa shape index (κ3) is 4.80. The number of hydrogen-bond donors (Lipinski definition) is 1. The van der Waals surface area contributed by atoms with Crippen molar-refractivity contribution in [1.29, 1.82) is 0 Å². The molecule has 1 aromatic carbocycles. The molecule has 2 rings (SSSR count). The molecule has 1 heterocycles. The van der Waals surface area contributed by atoms with Crippen molar-refractivity contribution >= 4 is 0 Å². The minimum absolute atomic E-state index is 0.136. The first-order valence-corrected chi connectivity index (χ1v) is 8.33. The van der Waals surface area contributed by atoms with Gasteiger partial charge in [0, 0.05) is 18.6 Å². The minimum Gasteiger partial charge on any atom is -0.323 e. The third-order valence-electron chi connectivity index (χ3n) is 4.69. The summed E-state index contributed by atoms with van der Waals surface area (Å²) in [6, 6.07) is 9.76. The van der Waals surface area contributed by atoms with Crippen molar-refractivity contribution in [2.45, 2.75) is 44.7 Å². The van der Waals surface area contributed by atoms with Crippen molar-refractivity contribution in [1.82, 2.24) is 9.80 Å². The first kappa shape index (κ1) is 16.5. The van der Waals surface area contributed by atoms with Crippen LogP contribution in [0.15, 0.2) is 24.3 Å². The zero-order valence-electron chi connectivity index (χ0n) is 13.9. The van der Waals surface area contributed by atoms with Crippen LogP contribution in [-0.2, 0) is 6.42 Å². The van der Waals surface area contributed by atoms with Crippen LogP contribution < -0.4 is 5.73 Å². The van der Waals surface area contributed by atoms with Crippen LogP contribution in [0.2, 0.25) is 0 Å². The van der Waals surface area contributed by atoms with Crippen LogP contribution in [0, 0.1) is 0 Å². The number of hydrogen-bond acceptors (Lipinski definition) is 3. The number of nitrogens with two attached hydrogens (primary N) is 1. The molecule has 1 atom stereocenters. The lowest BCUT2D eigenvalue weighted by atomic mass is 10.0. The smallest absolute Gasteiger partial charge is 0.0424 e. The van der Waals surface area contributed by atoms with Crippen LogP contribution >= 0.6 is 0 Å². The number of benzene rings is 1. The van der Waals surface area contributed by atoms with Crippen LogP contribution in [-0.4, -0.2) is 49.6 Å². The van der Waals surface area contributed by atoms with Gasteiger partial charge in [-0.05, 0) is 57.6 Å². The van der Waals surface area contributed by atoms with Crippen LogP contribution in [0.3, 0.4) is 0 Å². The molecule has 0 radical (unpaired) electrons. The molecule has 1 aromatic rings. The van der Waals surface area contributed by atoms with Gasteiger partial charge in [0.1, 0.15) is 0 Å². The fourth-order valence-electron chi connectivity index (χ4n) is 3.22. The maximum absolute atomic E-state index is 6.39. The summed E-state index contributed by atoms with van der Waals surface area (Å²) in [5.74, 6) is 0. The Hall–Kier alpha value is -0.900. The van der Waals surface area contributed by atoms with Crippen molar-refractivity contribution in [3.05, 3.63) is 35.4 Å². The molecule has 118 valence electrons. The van der Waals surface area contributed by atoms with E-state index in [1.54, 1.807) is 0 Å². The van der Waals surface area contributed by atoms with Gasteiger partial charge in [-0.25, -0.2) is 0 Å². The van der Waals surface area contributed by atoms with E-state index in [1.165, 1.54) is 43.5 Å². The molecule has 0 amide bonds. The topological polar surface area (TPSA) is 32.5 Å². The summed E-state index contributed by atoms with van der Waals surface area (Å²) >= 11 is 0. The summed E-state index contributed by atoms with van der Waals surface area (Å²) in [6.07, 6.45) is 4.88. The SMILES string of the molecule is CCCc1ccc(C(N)CN2CCC(N(C)C)CC2)cc1. The third-order valence-corrected chi connectivity index (χ3v) is 4.69. The molecule has 1 aliphatic rings. The molecule has 3 heteroatoms. The first-order valence-electron chi connectivity index (χ1n) is 8.33. The Bertz CT molecular complexity index is 405. The maximum Gasteiger partial charge on any atom is 0.0424 e. The second-order valence-electron chi connectivity index (χ2n) is 6.59. The van der Waals surface area contributed by atoms with E-state index in [0.29, 0.717) is 0 Å². The summed E-state index contributed by atoms with van der Waals surface area (Å²) in [4.78, 5) is 4.87. The largest absolute Gasteiger partial charge is 0.323 e. The molecule has 2 N–H and O–H groups in total. The van der Waals surface area contributed by atoms with Crippen LogP contribution in [0.4, 0.5) is 0 Å². The average molecular weight is 289 g/mol. The zero-order chi connectivity index (χ0) is 15.2. The van der Waals surface area contributed by atoms with Gasteiger partial charge >= 0.3 is 0 Å². The van der Waals surface area contributed by atoms with E-state index in [0.717, 1.165) is 19.0 Å². The highest BCUT2D eigenvalue weighted by atomic mass is 15.2. The predicted molar refractivity (Wildman–Crippen MR) is 90.5 cm³/mol. The van der Waals surface area contributed by atoms with Crippen molar-refractivity contribution in [3.8, 4) is 0 Å². The molecule has 21 heavy (non-hydrogen) atoms. The van der Waals surface area contributed by atoms with Gasteiger partial charge in [-0.15, -0.1) is 0 Å². The Labute approximate surface area is 130 Å². The Kier molecular flexibility index (Phi) is 6.22. The summed E-state index contributed by atoms with van der Waals surface area (Å²) in [7, 11) is 4.37. The Morgan fingerprint density at radius 1 is 1.19 bits per heavy atom. The number of piperidine rings is 1. The van der Waals surface area contributed by atoms with Crippen LogP contribution in [0.1, 0.15) is 43.4 Å². The lowest BCUT2D eigenvalue weighted by Gasteiger charge is -2.36. The van der Waals surface area contributed by atoms with Gasteiger partial charge in [-0.3, -0.25) is 0 Å². The highest BCUT2D eigenvalue weighted by molar-refractivity contribution is 5.25. The Morgan fingerprint density at radius 3 is 2.33 bits per heavy atom. The summed E-state index contributed by atoms with van der Waals surface area (Å²) in [5, 5.41) is 0.